The molecule has 0 atom stereocenters. The van der Waals surface area contributed by atoms with Gasteiger partial charge in [-0.3, -0.25) is 0 Å². The Balaban J connectivity index is 2.31. The number of nitriles is 2. The van der Waals surface area contributed by atoms with Crippen LogP contribution in [-0.2, 0) is 0 Å². The van der Waals surface area contributed by atoms with Crippen molar-refractivity contribution in [3.05, 3.63) is 41.0 Å². The summed E-state index contributed by atoms with van der Waals surface area (Å²) in [5, 5.41) is 18.2. The van der Waals surface area contributed by atoms with E-state index in [-0.39, 0.29) is 0 Å². The Bertz CT molecular complexity index is 578. The quantitative estimate of drug-likeness (QED) is 0.790. The maximum atomic E-state index is 8.83. The smallest absolute Gasteiger partial charge is 0.200 e. The van der Waals surface area contributed by atoms with Gasteiger partial charge in [0.25, 0.3) is 0 Å². The summed E-state index contributed by atoms with van der Waals surface area (Å²) in [6.07, 6.45) is 1.59. The largest absolute Gasteiger partial charge is 0.445 e. The van der Waals surface area contributed by atoms with E-state index in [1.165, 1.54) is 17.4 Å². The van der Waals surface area contributed by atoms with Crippen molar-refractivity contribution in [2.45, 2.75) is 0 Å². The van der Waals surface area contributed by atoms with Crippen molar-refractivity contribution in [2.75, 3.05) is 0 Å². The molecule has 0 aliphatic heterocycles. The highest BCUT2D eigenvalue weighted by atomic mass is 32.1. The summed E-state index contributed by atoms with van der Waals surface area (Å²) in [4.78, 5) is 3.87. The molecule has 1 aromatic heterocycles. The fourth-order valence-corrected chi connectivity index (χ4v) is 1.64. The van der Waals surface area contributed by atoms with Gasteiger partial charge in [0.15, 0.2) is 0 Å². The first-order valence-corrected chi connectivity index (χ1v) is 5.22. The average Bonchev–Trinajstić information content (AvgIpc) is 2.81. The number of benzene rings is 1. The molecular formula is C11H5N3OS. The van der Waals surface area contributed by atoms with Gasteiger partial charge in [-0.1, -0.05) is 11.3 Å². The van der Waals surface area contributed by atoms with Crippen molar-refractivity contribution in [2.24, 2.45) is 0 Å². The topological polar surface area (TPSA) is 69.7 Å². The predicted octanol–water partition coefficient (Wildman–Crippen LogP) is 2.68. The molecule has 0 spiro atoms. The van der Waals surface area contributed by atoms with Crippen molar-refractivity contribution in [3.63, 3.8) is 0 Å². The van der Waals surface area contributed by atoms with Crippen LogP contribution < -0.4 is 4.74 Å². The maximum Gasteiger partial charge on any atom is 0.200 e. The Morgan fingerprint density at radius 2 is 2.00 bits per heavy atom. The first kappa shape index (κ1) is 10.2. The molecule has 0 radical (unpaired) electrons. The zero-order chi connectivity index (χ0) is 11.4. The number of thiazole rings is 1. The third kappa shape index (κ3) is 2.00. The molecule has 0 saturated heterocycles. The molecule has 4 nitrogen and oxygen atoms in total. The van der Waals surface area contributed by atoms with Crippen LogP contribution in [0.25, 0.3) is 0 Å². The molecular weight excluding hydrogens is 222 g/mol. The van der Waals surface area contributed by atoms with Crippen LogP contribution in [-0.4, -0.2) is 4.98 Å². The van der Waals surface area contributed by atoms with Gasteiger partial charge in [0.2, 0.25) is 5.06 Å². The van der Waals surface area contributed by atoms with Crippen LogP contribution in [0.5, 0.6) is 10.8 Å². The minimum Gasteiger partial charge on any atom is -0.445 e. The predicted molar refractivity (Wildman–Crippen MR) is 58.1 cm³/mol. The summed E-state index contributed by atoms with van der Waals surface area (Å²) in [5.41, 5.74) is 2.31. The van der Waals surface area contributed by atoms with E-state index in [4.69, 9.17) is 15.3 Å². The fourth-order valence-electron chi connectivity index (χ4n) is 1.15. The molecule has 1 aromatic carbocycles. The van der Waals surface area contributed by atoms with Gasteiger partial charge in [-0.2, -0.15) is 10.5 Å². The summed E-state index contributed by atoms with van der Waals surface area (Å²) in [5.74, 6) is 0.528. The van der Waals surface area contributed by atoms with Crippen LogP contribution in [0.4, 0.5) is 0 Å². The number of hydrogen-bond donors (Lipinski definition) is 0. The molecule has 76 valence electrons. The summed E-state index contributed by atoms with van der Waals surface area (Å²) < 4.78 is 5.46. The summed E-state index contributed by atoms with van der Waals surface area (Å²) in [6.45, 7) is 0. The van der Waals surface area contributed by atoms with Crippen molar-refractivity contribution in [1.29, 1.82) is 10.5 Å². The number of ether oxygens (including phenoxy) is 1. The van der Waals surface area contributed by atoms with E-state index in [1.807, 2.05) is 12.1 Å². The Kier molecular flexibility index (Phi) is 2.81. The first-order valence-electron chi connectivity index (χ1n) is 4.34. The van der Waals surface area contributed by atoms with Gasteiger partial charge < -0.3 is 4.74 Å². The lowest BCUT2D eigenvalue weighted by molar-refractivity contribution is 0.495. The molecule has 2 aromatic rings. The third-order valence-electron chi connectivity index (χ3n) is 1.86. The summed E-state index contributed by atoms with van der Waals surface area (Å²) >= 11 is 1.36. The van der Waals surface area contributed by atoms with Gasteiger partial charge in [0.1, 0.15) is 17.9 Å². The molecule has 0 unspecified atom stereocenters. The number of nitrogens with zero attached hydrogens (tertiary/aromatic N) is 3. The number of hydrogen-bond acceptors (Lipinski definition) is 5. The SMILES string of the molecule is N#Cc1ccc(Oc2cncs2)cc1C#N. The molecule has 0 N–H and O–H groups in total. The Hall–Kier alpha value is -2.37. The molecule has 0 saturated carbocycles. The van der Waals surface area contributed by atoms with Crippen molar-refractivity contribution < 1.29 is 4.74 Å². The zero-order valence-corrected chi connectivity index (χ0v) is 8.86. The van der Waals surface area contributed by atoms with Gasteiger partial charge in [0.05, 0.1) is 22.8 Å². The molecule has 0 amide bonds. The van der Waals surface area contributed by atoms with Gasteiger partial charge in [0, 0.05) is 0 Å². The normalized spacial score (nSPS) is 9.12. The molecule has 0 aliphatic carbocycles. The maximum absolute atomic E-state index is 8.83. The van der Waals surface area contributed by atoms with E-state index >= 15 is 0 Å². The molecule has 16 heavy (non-hydrogen) atoms. The summed E-state index contributed by atoms with van der Waals surface area (Å²) in [7, 11) is 0. The Morgan fingerprint density at radius 3 is 2.62 bits per heavy atom. The van der Waals surface area contributed by atoms with E-state index in [0.717, 1.165) is 0 Å². The lowest BCUT2D eigenvalue weighted by atomic mass is 10.1. The van der Waals surface area contributed by atoms with Crippen LogP contribution in [0.15, 0.2) is 29.9 Å². The van der Waals surface area contributed by atoms with Crippen molar-refractivity contribution in [1.82, 2.24) is 4.98 Å². The van der Waals surface area contributed by atoms with Crippen LogP contribution in [0.2, 0.25) is 0 Å². The minimum absolute atomic E-state index is 0.310. The molecule has 0 aliphatic rings. The molecule has 0 bridgehead atoms. The van der Waals surface area contributed by atoms with Crippen molar-refractivity contribution in [3.8, 4) is 23.0 Å². The van der Waals surface area contributed by atoms with Gasteiger partial charge in [-0.05, 0) is 18.2 Å². The Morgan fingerprint density at radius 1 is 1.19 bits per heavy atom. The third-order valence-corrected chi connectivity index (χ3v) is 2.51. The van der Waals surface area contributed by atoms with Crippen LogP contribution in [0.1, 0.15) is 11.1 Å². The lowest BCUT2D eigenvalue weighted by Gasteiger charge is -2.02. The molecule has 5 heteroatoms. The Labute approximate surface area is 96.0 Å². The highest BCUT2D eigenvalue weighted by Crippen LogP contribution is 2.26. The van der Waals surface area contributed by atoms with Crippen LogP contribution >= 0.6 is 11.3 Å². The second kappa shape index (κ2) is 4.43. The highest BCUT2D eigenvalue weighted by Gasteiger charge is 2.04. The van der Waals surface area contributed by atoms with E-state index < -0.39 is 0 Å². The highest BCUT2D eigenvalue weighted by molar-refractivity contribution is 7.11. The molecule has 1 heterocycles. The van der Waals surface area contributed by atoms with E-state index in [0.29, 0.717) is 21.9 Å². The lowest BCUT2D eigenvalue weighted by Crippen LogP contribution is -1.86. The van der Waals surface area contributed by atoms with Crippen molar-refractivity contribution >= 4 is 11.3 Å². The molecule has 2 rings (SSSR count). The van der Waals surface area contributed by atoms with E-state index in [9.17, 15) is 0 Å². The monoisotopic (exact) mass is 227 g/mol. The number of aromatic nitrogens is 1. The fraction of sp³-hybridized carbons (Fsp3) is 0. The van der Waals surface area contributed by atoms with Gasteiger partial charge >= 0.3 is 0 Å². The summed E-state index contributed by atoms with van der Waals surface area (Å²) in [6, 6.07) is 8.65. The van der Waals surface area contributed by atoms with Crippen LogP contribution in [0, 0.1) is 22.7 Å². The average molecular weight is 227 g/mol. The standard InChI is InChI=1S/C11H5N3OS/c12-4-8-1-2-10(3-9(8)5-13)15-11-6-14-7-16-11/h1-3,6-7H. The minimum atomic E-state index is 0.310. The second-order valence-corrected chi connectivity index (χ2v) is 3.70. The second-order valence-electron chi connectivity index (χ2n) is 2.85. The number of rotatable bonds is 2. The van der Waals surface area contributed by atoms with E-state index in [1.54, 1.807) is 23.8 Å². The van der Waals surface area contributed by atoms with Gasteiger partial charge in [-0.15, -0.1) is 0 Å². The molecule has 0 fully saturated rings. The van der Waals surface area contributed by atoms with Gasteiger partial charge in [-0.25, -0.2) is 4.98 Å². The van der Waals surface area contributed by atoms with E-state index in [2.05, 4.69) is 4.98 Å². The zero-order valence-electron chi connectivity index (χ0n) is 8.04. The first-order chi connectivity index (χ1) is 7.83. The van der Waals surface area contributed by atoms with Crippen LogP contribution in [0.3, 0.4) is 0 Å².